The van der Waals surface area contributed by atoms with Gasteiger partial charge in [0.15, 0.2) is 0 Å². The molecule has 0 aliphatic heterocycles. The molecule has 3 aromatic rings. The van der Waals surface area contributed by atoms with Gasteiger partial charge in [0.25, 0.3) is 0 Å². The van der Waals surface area contributed by atoms with Crippen LogP contribution in [0.2, 0.25) is 0 Å². The lowest BCUT2D eigenvalue weighted by atomic mass is 10.3. The molecule has 92 valence electrons. The van der Waals surface area contributed by atoms with Crippen molar-refractivity contribution in [2.45, 2.75) is 26.4 Å². The van der Waals surface area contributed by atoms with E-state index in [1.54, 1.807) is 0 Å². The fourth-order valence-corrected chi connectivity index (χ4v) is 1.83. The van der Waals surface area contributed by atoms with Gasteiger partial charge < -0.3 is 0 Å². The molecule has 2 heterocycles. The van der Waals surface area contributed by atoms with Crippen LogP contribution in [-0.4, -0.2) is 30.0 Å². The average molecular weight is 242 g/mol. The second-order valence-electron chi connectivity index (χ2n) is 4.52. The van der Waals surface area contributed by atoms with Crippen LogP contribution in [0.1, 0.15) is 25.6 Å². The Kier molecular flexibility index (Phi) is 2.55. The maximum absolute atomic E-state index is 4.14. The van der Waals surface area contributed by atoms with E-state index in [2.05, 4.69) is 34.5 Å². The quantitative estimate of drug-likeness (QED) is 0.700. The molecule has 0 atom stereocenters. The lowest BCUT2D eigenvalue weighted by Gasteiger charge is -2.01. The van der Waals surface area contributed by atoms with E-state index in [9.17, 15) is 0 Å². The van der Waals surface area contributed by atoms with Crippen LogP contribution >= 0.6 is 0 Å². The normalized spacial score (nSPS) is 11.5. The van der Waals surface area contributed by atoms with Gasteiger partial charge in [-0.1, -0.05) is 22.6 Å². The third kappa shape index (κ3) is 1.85. The first-order valence-electron chi connectivity index (χ1n) is 5.93. The number of hydrogen-bond donors (Lipinski definition) is 0. The van der Waals surface area contributed by atoms with Gasteiger partial charge in [0.05, 0.1) is 18.3 Å². The Morgan fingerprint density at radius 2 is 1.94 bits per heavy atom. The van der Waals surface area contributed by atoms with E-state index in [1.807, 2.05) is 39.8 Å². The molecule has 0 spiro atoms. The molecule has 0 bridgehead atoms. The summed E-state index contributed by atoms with van der Waals surface area (Å²) in [7, 11) is 0. The Balaban J connectivity index is 1.91. The van der Waals surface area contributed by atoms with Crippen molar-refractivity contribution in [3.05, 3.63) is 36.2 Å². The second-order valence-corrected chi connectivity index (χ2v) is 4.52. The molecule has 0 aliphatic carbocycles. The lowest BCUT2D eigenvalue weighted by molar-refractivity contribution is 0.514. The lowest BCUT2D eigenvalue weighted by Crippen LogP contribution is -2.02. The highest BCUT2D eigenvalue weighted by molar-refractivity contribution is 5.73. The standard InChI is InChI=1S/C12H14N6/c1-9(2)17-7-10(13-15-17)8-18-12-6-4-3-5-11(12)14-16-18/h3-7,9H,8H2,1-2H3. The molecule has 0 saturated heterocycles. The molecule has 6 heteroatoms. The summed E-state index contributed by atoms with van der Waals surface area (Å²) in [4.78, 5) is 0. The molecule has 3 rings (SSSR count). The fourth-order valence-electron chi connectivity index (χ4n) is 1.83. The van der Waals surface area contributed by atoms with Crippen LogP contribution in [0.25, 0.3) is 11.0 Å². The maximum atomic E-state index is 4.14. The Morgan fingerprint density at radius 3 is 2.72 bits per heavy atom. The predicted molar refractivity (Wildman–Crippen MR) is 67.0 cm³/mol. The van der Waals surface area contributed by atoms with Crippen molar-refractivity contribution in [3.63, 3.8) is 0 Å². The van der Waals surface area contributed by atoms with Crippen LogP contribution in [-0.2, 0) is 6.54 Å². The van der Waals surface area contributed by atoms with Crippen molar-refractivity contribution in [1.29, 1.82) is 0 Å². The van der Waals surface area contributed by atoms with Gasteiger partial charge in [-0.25, -0.2) is 9.36 Å². The van der Waals surface area contributed by atoms with Gasteiger partial charge >= 0.3 is 0 Å². The zero-order chi connectivity index (χ0) is 12.5. The van der Waals surface area contributed by atoms with Gasteiger partial charge in [-0.2, -0.15) is 0 Å². The molecular formula is C12H14N6. The molecule has 0 radical (unpaired) electrons. The monoisotopic (exact) mass is 242 g/mol. The van der Waals surface area contributed by atoms with E-state index in [4.69, 9.17) is 0 Å². The molecule has 1 aromatic carbocycles. The molecule has 0 N–H and O–H groups in total. The summed E-state index contributed by atoms with van der Waals surface area (Å²) in [6.45, 7) is 4.74. The van der Waals surface area contributed by atoms with Gasteiger partial charge in [-0.05, 0) is 26.0 Å². The summed E-state index contributed by atoms with van der Waals surface area (Å²) < 4.78 is 3.68. The van der Waals surface area contributed by atoms with Crippen LogP contribution < -0.4 is 0 Å². The van der Waals surface area contributed by atoms with Gasteiger partial charge in [0, 0.05) is 6.04 Å². The van der Waals surface area contributed by atoms with Gasteiger partial charge in [0.2, 0.25) is 0 Å². The van der Waals surface area contributed by atoms with E-state index in [1.165, 1.54) is 0 Å². The Hall–Kier alpha value is -2.24. The highest BCUT2D eigenvalue weighted by Crippen LogP contribution is 2.11. The first-order chi connectivity index (χ1) is 8.74. The Morgan fingerprint density at radius 1 is 1.11 bits per heavy atom. The summed E-state index contributed by atoms with van der Waals surface area (Å²) in [5.74, 6) is 0. The third-order valence-electron chi connectivity index (χ3n) is 2.82. The number of fused-ring (bicyclic) bond motifs is 1. The van der Waals surface area contributed by atoms with Crippen LogP contribution in [0, 0.1) is 0 Å². The molecule has 0 fully saturated rings. The largest absolute Gasteiger partial charge is 0.250 e. The van der Waals surface area contributed by atoms with Gasteiger partial charge in [-0.3, -0.25) is 0 Å². The van der Waals surface area contributed by atoms with Crippen molar-refractivity contribution < 1.29 is 0 Å². The molecular weight excluding hydrogens is 228 g/mol. The van der Waals surface area contributed by atoms with E-state index in [0.717, 1.165) is 16.7 Å². The minimum atomic E-state index is 0.318. The summed E-state index contributed by atoms with van der Waals surface area (Å²) in [6.07, 6.45) is 1.95. The SMILES string of the molecule is CC(C)n1cc(Cn2nnc3ccccc32)nn1. The number of aromatic nitrogens is 6. The zero-order valence-corrected chi connectivity index (χ0v) is 10.4. The van der Waals surface area contributed by atoms with Crippen LogP contribution in [0.5, 0.6) is 0 Å². The Labute approximate surface area is 104 Å². The first kappa shape index (κ1) is 10.9. The van der Waals surface area contributed by atoms with Crippen molar-refractivity contribution in [3.8, 4) is 0 Å². The first-order valence-corrected chi connectivity index (χ1v) is 5.93. The molecule has 18 heavy (non-hydrogen) atoms. The summed E-state index contributed by atoms with van der Waals surface area (Å²) in [5, 5.41) is 16.5. The summed E-state index contributed by atoms with van der Waals surface area (Å²) in [5.41, 5.74) is 2.80. The van der Waals surface area contributed by atoms with Crippen LogP contribution in [0.4, 0.5) is 0 Å². The van der Waals surface area contributed by atoms with Crippen molar-refractivity contribution in [1.82, 2.24) is 30.0 Å². The minimum absolute atomic E-state index is 0.318. The summed E-state index contributed by atoms with van der Waals surface area (Å²) in [6, 6.07) is 8.20. The third-order valence-corrected chi connectivity index (χ3v) is 2.82. The zero-order valence-electron chi connectivity index (χ0n) is 10.4. The number of para-hydroxylation sites is 1. The fraction of sp³-hybridized carbons (Fsp3) is 0.333. The molecule has 0 unspecified atom stereocenters. The van der Waals surface area contributed by atoms with Gasteiger partial charge in [0.1, 0.15) is 11.2 Å². The number of nitrogens with zero attached hydrogens (tertiary/aromatic N) is 6. The van der Waals surface area contributed by atoms with Crippen LogP contribution in [0.3, 0.4) is 0 Å². The van der Waals surface area contributed by atoms with Crippen molar-refractivity contribution in [2.24, 2.45) is 0 Å². The highest BCUT2D eigenvalue weighted by Gasteiger charge is 2.08. The van der Waals surface area contributed by atoms with Gasteiger partial charge in [-0.15, -0.1) is 10.2 Å². The number of rotatable bonds is 3. The number of hydrogen-bond acceptors (Lipinski definition) is 4. The molecule has 0 amide bonds. The average Bonchev–Trinajstić information content (AvgIpc) is 2.98. The maximum Gasteiger partial charge on any atom is 0.113 e. The predicted octanol–water partition coefficient (Wildman–Crippen LogP) is 1.65. The van der Waals surface area contributed by atoms with E-state index in [0.29, 0.717) is 12.6 Å². The molecule has 6 nitrogen and oxygen atoms in total. The second kappa shape index (κ2) is 4.21. The van der Waals surface area contributed by atoms with E-state index < -0.39 is 0 Å². The molecule has 2 aromatic heterocycles. The van der Waals surface area contributed by atoms with Crippen molar-refractivity contribution >= 4 is 11.0 Å². The van der Waals surface area contributed by atoms with E-state index >= 15 is 0 Å². The number of benzene rings is 1. The highest BCUT2D eigenvalue weighted by atomic mass is 15.5. The minimum Gasteiger partial charge on any atom is -0.250 e. The van der Waals surface area contributed by atoms with Crippen molar-refractivity contribution in [2.75, 3.05) is 0 Å². The molecule has 0 aliphatic rings. The topological polar surface area (TPSA) is 61.4 Å². The van der Waals surface area contributed by atoms with E-state index in [-0.39, 0.29) is 0 Å². The van der Waals surface area contributed by atoms with Crippen LogP contribution in [0.15, 0.2) is 30.5 Å². The smallest absolute Gasteiger partial charge is 0.113 e. The summed E-state index contributed by atoms with van der Waals surface area (Å²) >= 11 is 0. The molecule has 0 saturated carbocycles. The Bertz CT molecular complexity index is 666.